The van der Waals surface area contributed by atoms with Crippen molar-refractivity contribution in [2.45, 2.75) is 45.8 Å². The third kappa shape index (κ3) is 4.40. The number of aliphatic hydroxyl groups is 1. The highest BCUT2D eigenvalue weighted by molar-refractivity contribution is 5.90. The van der Waals surface area contributed by atoms with Gasteiger partial charge in [0.2, 0.25) is 0 Å². The number of fused-ring (bicyclic) bond motifs is 1. The smallest absolute Gasteiger partial charge is 0.309 e. The monoisotopic (exact) mass is 418 g/mol. The number of aryl methyl sites for hydroxylation is 1. The Morgan fingerprint density at radius 2 is 1.97 bits per heavy atom. The van der Waals surface area contributed by atoms with E-state index in [0.717, 1.165) is 27.8 Å². The Balaban J connectivity index is 1.91. The fraction of sp³-hybridized carbons (Fsp3) is 0.296. The summed E-state index contributed by atoms with van der Waals surface area (Å²) in [5, 5.41) is 9.96. The Hall–Kier alpha value is -2.98. The summed E-state index contributed by atoms with van der Waals surface area (Å²) in [6.45, 7) is 6.03. The van der Waals surface area contributed by atoms with Crippen molar-refractivity contribution in [2.24, 2.45) is 5.41 Å². The fourth-order valence-electron chi connectivity index (χ4n) is 4.26. The summed E-state index contributed by atoms with van der Waals surface area (Å²) in [6.07, 6.45) is 7.40. The number of cyclic esters (lactones) is 1. The van der Waals surface area contributed by atoms with E-state index >= 15 is 0 Å². The molecule has 0 saturated carbocycles. The van der Waals surface area contributed by atoms with Crippen molar-refractivity contribution in [1.29, 1.82) is 0 Å². The maximum Gasteiger partial charge on any atom is 0.309 e. The Labute approximate surface area is 182 Å². The molecule has 0 spiro atoms. The topological polar surface area (TPSA) is 46.5 Å². The van der Waals surface area contributed by atoms with Gasteiger partial charge in [0, 0.05) is 11.8 Å². The lowest BCUT2D eigenvalue weighted by atomic mass is 9.78. The van der Waals surface area contributed by atoms with Crippen molar-refractivity contribution in [3.8, 4) is 0 Å². The molecule has 31 heavy (non-hydrogen) atoms. The van der Waals surface area contributed by atoms with E-state index < -0.39 is 12.2 Å². The zero-order chi connectivity index (χ0) is 22.2. The number of carbonyl (C=O) groups is 1. The van der Waals surface area contributed by atoms with E-state index in [1.54, 1.807) is 6.92 Å². The number of ether oxygens (including phenoxy) is 1. The fourth-order valence-corrected chi connectivity index (χ4v) is 4.26. The largest absolute Gasteiger partial charge is 0.458 e. The standard InChI is InChI=1S/C27H27FO3/c1-17-14-19(8-11-24(17)28)26-22-7-5-4-6-18(22)12-13-27(2,3)23(26)10-9-21-15-20(29)16-25(30)31-21/h4-14,20-21,29H,15-16H2,1-3H3/t20-,21-/m0/s1. The van der Waals surface area contributed by atoms with E-state index in [0.29, 0.717) is 12.0 Å². The lowest BCUT2D eigenvalue weighted by Gasteiger charge is -2.27. The molecule has 0 unspecified atom stereocenters. The van der Waals surface area contributed by atoms with Crippen LogP contribution in [-0.4, -0.2) is 23.3 Å². The number of rotatable bonds is 3. The first-order valence-corrected chi connectivity index (χ1v) is 10.6. The Bertz CT molecular complexity index is 1110. The van der Waals surface area contributed by atoms with E-state index in [1.165, 1.54) is 6.07 Å². The maximum atomic E-state index is 14.0. The summed E-state index contributed by atoms with van der Waals surface area (Å²) in [6, 6.07) is 13.4. The normalized spacial score (nSPS) is 22.9. The number of carbonyl (C=O) groups excluding carboxylic acids is 1. The highest BCUT2D eigenvalue weighted by Crippen LogP contribution is 2.43. The summed E-state index contributed by atoms with van der Waals surface area (Å²) in [4.78, 5) is 11.8. The van der Waals surface area contributed by atoms with Crippen molar-refractivity contribution >= 4 is 17.6 Å². The number of allylic oxidation sites excluding steroid dienone is 3. The second kappa shape index (κ2) is 8.27. The lowest BCUT2D eigenvalue weighted by molar-refractivity contribution is -0.156. The van der Waals surface area contributed by atoms with Crippen LogP contribution in [0.2, 0.25) is 0 Å². The van der Waals surface area contributed by atoms with Crippen LogP contribution < -0.4 is 0 Å². The zero-order valence-corrected chi connectivity index (χ0v) is 18.1. The van der Waals surface area contributed by atoms with Gasteiger partial charge in [0.1, 0.15) is 11.9 Å². The number of esters is 1. The molecule has 2 aliphatic rings. The first-order chi connectivity index (χ1) is 14.7. The molecule has 1 aliphatic heterocycles. The van der Waals surface area contributed by atoms with Gasteiger partial charge in [-0.15, -0.1) is 0 Å². The molecule has 3 nitrogen and oxygen atoms in total. The summed E-state index contributed by atoms with van der Waals surface area (Å²) < 4.78 is 19.5. The van der Waals surface area contributed by atoms with Gasteiger partial charge >= 0.3 is 5.97 Å². The molecule has 1 N–H and O–H groups in total. The third-order valence-electron chi connectivity index (χ3n) is 5.99. The highest BCUT2D eigenvalue weighted by atomic mass is 19.1. The average Bonchev–Trinajstić information content (AvgIpc) is 2.82. The second-order valence-electron chi connectivity index (χ2n) is 8.88. The van der Waals surface area contributed by atoms with Gasteiger partial charge in [0.15, 0.2) is 0 Å². The third-order valence-corrected chi connectivity index (χ3v) is 5.99. The molecule has 1 heterocycles. The van der Waals surface area contributed by atoms with Crippen LogP contribution in [0.15, 0.2) is 66.3 Å². The molecule has 4 rings (SSSR count). The summed E-state index contributed by atoms with van der Waals surface area (Å²) in [5.74, 6) is -0.619. The first kappa shape index (κ1) is 21.3. The number of halogens is 1. The average molecular weight is 419 g/mol. The molecule has 4 heteroatoms. The molecule has 0 bridgehead atoms. The van der Waals surface area contributed by atoms with Gasteiger partial charge in [0.25, 0.3) is 0 Å². The number of hydrogen-bond donors (Lipinski definition) is 1. The minimum absolute atomic E-state index is 0.0365. The van der Waals surface area contributed by atoms with E-state index in [-0.39, 0.29) is 23.6 Å². The Morgan fingerprint density at radius 1 is 1.19 bits per heavy atom. The quantitative estimate of drug-likeness (QED) is 0.659. The van der Waals surface area contributed by atoms with Crippen LogP contribution in [0.25, 0.3) is 11.6 Å². The van der Waals surface area contributed by atoms with Gasteiger partial charge in [0.05, 0.1) is 12.5 Å². The molecule has 1 fully saturated rings. The van der Waals surface area contributed by atoms with Gasteiger partial charge in [-0.1, -0.05) is 62.4 Å². The Morgan fingerprint density at radius 3 is 2.71 bits per heavy atom. The minimum atomic E-state index is -0.688. The predicted molar refractivity (Wildman–Crippen MR) is 121 cm³/mol. The molecule has 1 saturated heterocycles. The molecule has 1 aliphatic carbocycles. The summed E-state index contributed by atoms with van der Waals surface area (Å²) in [7, 11) is 0. The molecule has 160 valence electrons. The van der Waals surface area contributed by atoms with Crippen LogP contribution in [0.5, 0.6) is 0 Å². The number of aliphatic hydroxyl groups excluding tert-OH is 1. The molecule has 2 atom stereocenters. The minimum Gasteiger partial charge on any atom is -0.458 e. The van der Waals surface area contributed by atoms with E-state index in [4.69, 9.17) is 4.74 Å². The van der Waals surface area contributed by atoms with Crippen molar-refractivity contribution in [3.05, 3.63) is 94.3 Å². The van der Waals surface area contributed by atoms with Gasteiger partial charge < -0.3 is 9.84 Å². The van der Waals surface area contributed by atoms with Gasteiger partial charge in [-0.05, 0) is 58.5 Å². The maximum absolute atomic E-state index is 14.0. The molecule has 2 aromatic rings. The van der Waals surface area contributed by atoms with E-state index in [2.05, 4.69) is 38.1 Å². The molecule has 0 amide bonds. The van der Waals surface area contributed by atoms with Crippen LogP contribution in [0.4, 0.5) is 4.39 Å². The van der Waals surface area contributed by atoms with Crippen molar-refractivity contribution in [3.63, 3.8) is 0 Å². The summed E-state index contributed by atoms with van der Waals surface area (Å²) >= 11 is 0. The SMILES string of the molecule is Cc1cc(C2=C(C=C[C@H]3C[C@H](O)CC(=O)O3)C(C)(C)C=Cc3ccccc32)ccc1F. The summed E-state index contributed by atoms with van der Waals surface area (Å²) in [5.41, 5.74) is 5.41. The van der Waals surface area contributed by atoms with Crippen molar-refractivity contribution < 1.29 is 19.0 Å². The van der Waals surface area contributed by atoms with E-state index in [1.807, 2.05) is 36.4 Å². The van der Waals surface area contributed by atoms with Crippen molar-refractivity contribution in [2.75, 3.05) is 0 Å². The van der Waals surface area contributed by atoms with Crippen LogP contribution in [0.1, 0.15) is 48.9 Å². The Kier molecular flexibility index (Phi) is 5.67. The van der Waals surface area contributed by atoms with Crippen LogP contribution in [-0.2, 0) is 9.53 Å². The number of benzene rings is 2. The zero-order valence-electron chi connectivity index (χ0n) is 18.1. The van der Waals surface area contributed by atoms with Gasteiger partial charge in [-0.25, -0.2) is 4.39 Å². The lowest BCUT2D eigenvalue weighted by Crippen LogP contribution is -2.31. The molecule has 0 aromatic heterocycles. The van der Waals surface area contributed by atoms with Gasteiger partial charge in [-0.2, -0.15) is 0 Å². The van der Waals surface area contributed by atoms with Crippen LogP contribution >= 0.6 is 0 Å². The predicted octanol–water partition coefficient (Wildman–Crippen LogP) is 5.61. The highest BCUT2D eigenvalue weighted by Gasteiger charge is 2.29. The molecular weight excluding hydrogens is 391 g/mol. The number of hydrogen-bond acceptors (Lipinski definition) is 3. The molecule has 2 aromatic carbocycles. The van der Waals surface area contributed by atoms with Gasteiger partial charge in [-0.3, -0.25) is 4.79 Å². The molecular formula is C27H27FO3. The first-order valence-electron chi connectivity index (χ1n) is 10.6. The van der Waals surface area contributed by atoms with Crippen molar-refractivity contribution in [1.82, 2.24) is 0 Å². The molecule has 0 radical (unpaired) electrons. The van der Waals surface area contributed by atoms with Crippen LogP contribution in [0.3, 0.4) is 0 Å². The second-order valence-corrected chi connectivity index (χ2v) is 8.88. The van der Waals surface area contributed by atoms with Crippen LogP contribution in [0, 0.1) is 18.2 Å². The van der Waals surface area contributed by atoms with E-state index in [9.17, 15) is 14.3 Å².